The molecule has 3 rings (SSSR count). The van der Waals surface area contributed by atoms with Gasteiger partial charge in [0.1, 0.15) is 0 Å². The van der Waals surface area contributed by atoms with Crippen LogP contribution in [-0.4, -0.2) is 18.2 Å². The van der Waals surface area contributed by atoms with Crippen molar-refractivity contribution < 1.29 is 14.4 Å². The van der Waals surface area contributed by atoms with Gasteiger partial charge in [0.05, 0.1) is 10.6 Å². The fourth-order valence-corrected chi connectivity index (χ4v) is 3.24. The number of imide groups is 1. The fourth-order valence-electron chi connectivity index (χ4n) is 2.89. The van der Waals surface area contributed by atoms with Gasteiger partial charge in [0, 0.05) is 16.9 Å². The molecule has 0 aliphatic carbocycles. The van der Waals surface area contributed by atoms with Crippen molar-refractivity contribution in [3.05, 3.63) is 99.5 Å². The number of nitrogens with zero attached hydrogens (tertiary/aromatic N) is 1. The molecule has 2 N–H and O–H groups in total. The van der Waals surface area contributed by atoms with Gasteiger partial charge in [-0.3, -0.25) is 10.1 Å². The third-order valence-corrected chi connectivity index (χ3v) is 5.10. The maximum Gasteiger partial charge on any atom is 0.326 e. The lowest BCUT2D eigenvalue weighted by atomic mass is 10.0. The van der Waals surface area contributed by atoms with Gasteiger partial charge in [0.2, 0.25) is 0 Å². The summed E-state index contributed by atoms with van der Waals surface area (Å²) in [6.07, 6.45) is 1.26. The molecule has 0 saturated heterocycles. The second kappa shape index (κ2) is 11.5. The molecule has 1 atom stereocenters. The van der Waals surface area contributed by atoms with E-state index in [2.05, 4.69) is 15.8 Å². The molecular weight excluding hydrogens is 461 g/mol. The summed E-state index contributed by atoms with van der Waals surface area (Å²) in [6, 6.07) is 20.2. The summed E-state index contributed by atoms with van der Waals surface area (Å²) in [5.41, 5.74) is 2.43. The minimum atomic E-state index is -0.667. The van der Waals surface area contributed by atoms with Gasteiger partial charge in [-0.2, -0.15) is 0 Å². The number of hydrogen-bond donors (Lipinski definition) is 2. The highest BCUT2D eigenvalue weighted by molar-refractivity contribution is 6.34. The van der Waals surface area contributed by atoms with Crippen LogP contribution in [0, 0.1) is 5.92 Å². The Morgan fingerprint density at radius 1 is 0.909 bits per heavy atom. The van der Waals surface area contributed by atoms with Crippen LogP contribution < -0.4 is 10.6 Å². The maximum atomic E-state index is 12.2. The second-order valence-electron chi connectivity index (χ2n) is 7.55. The maximum absolute atomic E-state index is 12.2. The van der Waals surface area contributed by atoms with Crippen LogP contribution in [0.5, 0.6) is 0 Å². The van der Waals surface area contributed by atoms with Crippen molar-refractivity contribution >= 4 is 47.0 Å². The molecule has 0 aliphatic rings. The van der Waals surface area contributed by atoms with Gasteiger partial charge < -0.3 is 10.2 Å². The van der Waals surface area contributed by atoms with Crippen molar-refractivity contribution in [3.8, 4) is 0 Å². The van der Waals surface area contributed by atoms with Crippen LogP contribution in [0.1, 0.15) is 41.4 Å². The third kappa shape index (κ3) is 7.07. The number of urea groups is 1. The number of nitrogens with one attached hydrogen (secondary N) is 2. The highest BCUT2D eigenvalue weighted by atomic mass is 35.5. The molecule has 0 spiro atoms. The average molecular weight is 484 g/mol. The average Bonchev–Trinajstić information content (AvgIpc) is 2.78. The predicted molar refractivity (Wildman–Crippen MR) is 132 cm³/mol. The molecule has 6 nitrogen and oxygen atoms in total. The Labute approximate surface area is 202 Å². The summed E-state index contributed by atoms with van der Waals surface area (Å²) in [7, 11) is 0. The van der Waals surface area contributed by atoms with Gasteiger partial charge in [0.15, 0.2) is 6.10 Å². The Balaban J connectivity index is 1.70. The minimum Gasteiger partial charge on any atom is -0.383 e. The van der Waals surface area contributed by atoms with E-state index < -0.39 is 18.0 Å². The van der Waals surface area contributed by atoms with Crippen LogP contribution in [0.15, 0.2) is 78.0 Å². The van der Waals surface area contributed by atoms with Gasteiger partial charge in [-0.15, -0.1) is 0 Å². The number of anilines is 1. The van der Waals surface area contributed by atoms with Gasteiger partial charge in [-0.1, -0.05) is 78.6 Å². The third-order valence-electron chi connectivity index (χ3n) is 4.51. The molecule has 0 fully saturated rings. The topological polar surface area (TPSA) is 79.8 Å². The molecule has 0 bridgehead atoms. The quantitative estimate of drug-likeness (QED) is 0.289. The zero-order valence-electron chi connectivity index (χ0n) is 18.1. The molecule has 0 radical (unpaired) electrons. The van der Waals surface area contributed by atoms with Crippen LogP contribution in [0.4, 0.5) is 10.5 Å². The number of carbonyl (C=O) groups excluding carboxylic acids is 2. The molecule has 3 amide bonds. The smallest absolute Gasteiger partial charge is 0.326 e. The van der Waals surface area contributed by atoms with Crippen molar-refractivity contribution in [2.24, 2.45) is 11.1 Å². The lowest BCUT2D eigenvalue weighted by Crippen LogP contribution is -2.34. The molecule has 0 aromatic heterocycles. The molecule has 0 heterocycles. The summed E-state index contributed by atoms with van der Waals surface area (Å²) in [6.45, 7) is 4.01. The first-order chi connectivity index (χ1) is 15.8. The lowest BCUT2D eigenvalue weighted by Gasteiger charge is -2.17. The van der Waals surface area contributed by atoms with Crippen molar-refractivity contribution in [1.82, 2.24) is 5.32 Å². The van der Waals surface area contributed by atoms with Gasteiger partial charge in [-0.05, 0) is 53.4 Å². The minimum absolute atomic E-state index is 0.217. The van der Waals surface area contributed by atoms with Crippen molar-refractivity contribution in [1.29, 1.82) is 0 Å². The van der Waals surface area contributed by atoms with E-state index in [9.17, 15) is 9.59 Å². The van der Waals surface area contributed by atoms with E-state index in [1.165, 1.54) is 0 Å². The number of halogens is 2. The van der Waals surface area contributed by atoms with Crippen LogP contribution in [-0.2, 0) is 4.84 Å². The highest BCUT2D eigenvalue weighted by Gasteiger charge is 2.17. The number of rotatable bonds is 7. The Morgan fingerprint density at radius 2 is 1.52 bits per heavy atom. The van der Waals surface area contributed by atoms with E-state index in [1.807, 2.05) is 38.1 Å². The van der Waals surface area contributed by atoms with E-state index in [1.54, 1.807) is 54.7 Å². The van der Waals surface area contributed by atoms with E-state index in [4.69, 9.17) is 28.0 Å². The lowest BCUT2D eigenvalue weighted by molar-refractivity contribution is 0.0877. The van der Waals surface area contributed by atoms with Gasteiger partial charge >= 0.3 is 6.03 Å². The van der Waals surface area contributed by atoms with Gasteiger partial charge in [0.25, 0.3) is 5.91 Å². The largest absolute Gasteiger partial charge is 0.383 e. The zero-order chi connectivity index (χ0) is 23.8. The molecule has 1 unspecified atom stereocenters. The van der Waals surface area contributed by atoms with E-state index in [0.717, 1.165) is 11.1 Å². The van der Waals surface area contributed by atoms with Crippen molar-refractivity contribution in [2.75, 3.05) is 5.32 Å². The molecule has 3 aromatic rings. The summed E-state index contributed by atoms with van der Waals surface area (Å²) in [5.74, 6) is -0.344. The molecule has 0 saturated carbocycles. The Morgan fingerprint density at radius 3 is 2.12 bits per heavy atom. The summed E-state index contributed by atoms with van der Waals surface area (Å²) < 4.78 is 0. The van der Waals surface area contributed by atoms with Crippen LogP contribution in [0.2, 0.25) is 10.0 Å². The second-order valence-corrected chi connectivity index (χ2v) is 8.39. The number of carbonyl (C=O) groups is 2. The van der Waals surface area contributed by atoms with Crippen LogP contribution in [0.25, 0.3) is 0 Å². The standard InChI is InChI=1S/C25H23Cl2N3O3/c1-16(2)15-28-33-23(17-7-11-19(26)12-8-17)18-9-13-20(14-10-18)29-25(32)30-24(31)21-5-3-4-6-22(21)27/h3-16,23H,1-2H3,(H2,29,30,31,32). The summed E-state index contributed by atoms with van der Waals surface area (Å²) in [4.78, 5) is 30.3. The number of amides is 3. The van der Waals surface area contributed by atoms with E-state index in [-0.39, 0.29) is 16.5 Å². The molecule has 8 heteroatoms. The fraction of sp³-hybridized carbons (Fsp3) is 0.160. The zero-order valence-corrected chi connectivity index (χ0v) is 19.6. The molecule has 170 valence electrons. The SMILES string of the molecule is CC(C)C=NOC(c1ccc(Cl)cc1)c1ccc(NC(=O)NC(=O)c2ccccc2Cl)cc1. The number of oxime groups is 1. The molecule has 33 heavy (non-hydrogen) atoms. The molecule has 0 aliphatic heterocycles. The van der Waals surface area contributed by atoms with Crippen molar-refractivity contribution in [3.63, 3.8) is 0 Å². The van der Waals surface area contributed by atoms with Crippen molar-refractivity contribution in [2.45, 2.75) is 20.0 Å². The van der Waals surface area contributed by atoms with E-state index >= 15 is 0 Å². The summed E-state index contributed by atoms with van der Waals surface area (Å²) >= 11 is 12.0. The predicted octanol–water partition coefficient (Wildman–Crippen LogP) is 6.70. The Bertz CT molecular complexity index is 1130. The summed E-state index contributed by atoms with van der Waals surface area (Å²) in [5, 5.41) is 9.88. The monoisotopic (exact) mass is 483 g/mol. The first-order valence-electron chi connectivity index (χ1n) is 10.2. The van der Waals surface area contributed by atoms with Crippen LogP contribution in [0.3, 0.4) is 0 Å². The highest BCUT2D eigenvalue weighted by Crippen LogP contribution is 2.28. The normalized spacial score (nSPS) is 11.9. The van der Waals surface area contributed by atoms with E-state index in [0.29, 0.717) is 10.7 Å². The van der Waals surface area contributed by atoms with Crippen LogP contribution >= 0.6 is 23.2 Å². The first-order valence-corrected chi connectivity index (χ1v) is 11.0. The first kappa shape index (κ1) is 24.3. The Kier molecular flexibility index (Phi) is 8.46. The number of benzene rings is 3. The van der Waals surface area contributed by atoms with Gasteiger partial charge in [-0.25, -0.2) is 4.79 Å². The number of hydrogen-bond acceptors (Lipinski definition) is 4. The molecular formula is C25H23Cl2N3O3. The molecule has 3 aromatic carbocycles. The Hall–Kier alpha value is -3.35.